The number of hydrogen-bond acceptors (Lipinski definition) is 5. The molecular formula is C22H21N3S2. The molecule has 0 saturated carbocycles. The lowest BCUT2D eigenvalue weighted by molar-refractivity contribution is 0.689. The minimum Gasteiger partial charge on any atom is -0.236 e. The molecule has 0 fully saturated rings. The second kappa shape index (κ2) is 6.88. The van der Waals surface area contributed by atoms with E-state index in [2.05, 4.69) is 49.2 Å². The first-order valence-corrected chi connectivity index (χ1v) is 11.2. The highest BCUT2D eigenvalue weighted by Crippen LogP contribution is 2.43. The van der Waals surface area contributed by atoms with Crippen LogP contribution in [-0.2, 0) is 12.8 Å². The molecule has 136 valence electrons. The fourth-order valence-electron chi connectivity index (χ4n) is 3.98. The average Bonchev–Trinajstić information content (AvgIpc) is 3.07. The Morgan fingerprint density at radius 3 is 2.56 bits per heavy atom. The third kappa shape index (κ3) is 2.93. The van der Waals surface area contributed by atoms with E-state index in [0.29, 0.717) is 5.25 Å². The van der Waals surface area contributed by atoms with E-state index in [1.54, 1.807) is 17.7 Å². The number of fused-ring (bicyclic) bond motifs is 5. The van der Waals surface area contributed by atoms with E-state index in [0.717, 1.165) is 33.9 Å². The molecule has 0 bridgehead atoms. The monoisotopic (exact) mass is 391 g/mol. The highest BCUT2D eigenvalue weighted by molar-refractivity contribution is 8.00. The molecule has 1 aliphatic rings. The van der Waals surface area contributed by atoms with Gasteiger partial charge >= 0.3 is 0 Å². The van der Waals surface area contributed by atoms with Crippen molar-refractivity contribution in [2.24, 2.45) is 0 Å². The Balaban J connectivity index is 1.84. The molecule has 0 amide bonds. The summed E-state index contributed by atoms with van der Waals surface area (Å²) in [6, 6.07) is 10.6. The summed E-state index contributed by atoms with van der Waals surface area (Å²) in [7, 11) is 0. The summed E-state index contributed by atoms with van der Waals surface area (Å²) in [6.45, 7) is 4.42. The lowest BCUT2D eigenvalue weighted by Crippen LogP contribution is -2.07. The van der Waals surface area contributed by atoms with Crippen molar-refractivity contribution in [1.82, 2.24) is 15.0 Å². The minimum atomic E-state index is 0.495. The fourth-order valence-corrected chi connectivity index (χ4v) is 6.05. The molecule has 0 saturated heterocycles. The topological polar surface area (TPSA) is 38.7 Å². The van der Waals surface area contributed by atoms with Crippen LogP contribution in [0.1, 0.15) is 37.8 Å². The van der Waals surface area contributed by atoms with Crippen LogP contribution in [0.25, 0.3) is 31.7 Å². The van der Waals surface area contributed by atoms with Gasteiger partial charge in [-0.25, -0.2) is 15.0 Å². The maximum atomic E-state index is 5.16. The van der Waals surface area contributed by atoms with Gasteiger partial charge in [0.05, 0.1) is 15.9 Å². The number of hydrogen-bond donors (Lipinski definition) is 0. The average molecular weight is 392 g/mol. The minimum absolute atomic E-state index is 0.495. The largest absolute Gasteiger partial charge is 0.236 e. The molecule has 3 nitrogen and oxygen atoms in total. The molecule has 0 radical (unpaired) electrons. The first-order valence-electron chi connectivity index (χ1n) is 9.53. The van der Waals surface area contributed by atoms with Crippen LogP contribution in [0, 0.1) is 0 Å². The lowest BCUT2D eigenvalue weighted by Gasteiger charge is -2.20. The Morgan fingerprint density at radius 1 is 1.00 bits per heavy atom. The van der Waals surface area contributed by atoms with E-state index < -0.39 is 0 Å². The summed E-state index contributed by atoms with van der Waals surface area (Å²) in [4.78, 5) is 15.5. The molecule has 3 heterocycles. The van der Waals surface area contributed by atoms with Crippen molar-refractivity contribution < 1.29 is 0 Å². The number of benzene rings is 1. The predicted molar refractivity (Wildman–Crippen MR) is 116 cm³/mol. The van der Waals surface area contributed by atoms with Crippen molar-refractivity contribution in [1.29, 1.82) is 0 Å². The van der Waals surface area contributed by atoms with Crippen LogP contribution in [0.5, 0.6) is 0 Å². The second-order valence-corrected chi connectivity index (χ2v) is 9.86. The van der Waals surface area contributed by atoms with Gasteiger partial charge in [0.15, 0.2) is 0 Å². The molecule has 0 N–H and O–H groups in total. The van der Waals surface area contributed by atoms with Crippen LogP contribution in [0.15, 0.2) is 41.7 Å². The van der Waals surface area contributed by atoms with Crippen LogP contribution in [-0.4, -0.2) is 20.2 Å². The molecule has 0 atom stereocenters. The van der Waals surface area contributed by atoms with Crippen LogP contribution in [0.4, 0.5) is 0 Å². The summed E-state index contributed by atoms with van der Waals surface area (Å²) in [5, 5.41) is 2.86. The first kappa shape index (κ1) is 17.1. The van der Waals surface area contributed by atoms with Gasteiger partial charge in [0.2, 0.25) is 0 Å². The van der Waals surface area contributed by atoms with E-state index in [1.807, 2.05) is 11.8 Å². The maximum absolute atomic E-state index is 5.16. The standard InChI is InChI=1S/C22H21N3S2/c1-13(2)26-22-20-19(23-12-24-22)17-15-10-6-7-11-16(15)18(25-21(17)27-20)14-8-4-3-5-9-14/h3-5,8-9,12-13H,6-7,10-11H2,1-2H3. The predicted octanol–water partition coefficient (Wildman–Crippen LogP) is 6.29. The quantitative estimate of drug-likeness (QED) is 0.304. The summed E-state index contributed by atoms with van der Waals surface area (Å²) in [5.74, 6) is 0. The van der Waals surface area contributed by atoms with E-state index in [1.165, 1.54) is 39.6 Å². The second-order valence-electron chi connectivity index (χ2n) is 7.30. The van der Waals surface area contributed by atoms with Crippen molar-refractivity contribution in [3.63, 3.8) is 0 Å². The third-order valence-electron chi connectivity index (χ3n) is 5.08. The lowest BCUT2D eigenvalue weighted by atomic mass is 9.87. The number of thioether (sulfide) groups is 1. The van der Waals surface area contributed by atoms with Crippen LogP contribution in [0.2, 0.25) is 0 Å². The molecule has 5 rings (SSSR count). The van der Waals surface area contributed by atoms with E-state index in [4.69, 9.17) is 9.97 Å². The van der Waals surface area contributed by atoms with Crippen molar-refractivity contribution >= 4 is 43.5 Å². The number of thiophene rings is 1. The fraction of sp³-hybridized carbons (Fsp3) is 0.318. The normalized spacial score (nSPS) is 14.2. The van der Waals surface area contributed by atoms with Gasteiger partial charge in [0.1, 0.15) is 16.2 Å². The SMILES string of the molecule is CC(C)Sc1ncnc2c1sc1nc(-c3ccccc3)c3c(c12)CCCC3. The van der Waals surface area contributed by atoms with Gasteiger partial charge < -0.3 is 0 Å². The smallest absolute Gasteiger partial charge is 0.127 e. The Bertz CT molecular complexity index is 1130. The first-order chi connectivity index (χ1) is 13.2. The van der Waals surface area contributed by atoms with Gasteiger partial charge in [0.25, 0.3) is 0 Å². The zero-order chi connectivity index (χ0) is 18.4. The number of aryl methyl sites for hydroxylation is 1. The van der Waals surface area contributed by atoms with Crippen LogP contribution < -0.4 is 0 Å². The molecular weight excluding hydrogens is 370 g/mol. The van der Waals surface area contributed by atoms with Crippen molar-refractivity contribution in [2.75, 3.05) is 0 Å². The Kier molecular flexibility index (Phi) is 4.37. The van der Waals surface area contributed by atoms with E-state index in [-0.39, 0.29) is 0 Å². The van der Waals surface area contributed by atoms with Crippen molar-refractivity contribution in [2.45, 2.75) is 49.8 Å². The molecule has 0 spiro atoms. The van der Waals surface area contributed by atoms with Gasteiger partial charge in [-0.05, 0) is 36.8 Å². The Hall–Kier alpha value is -1.98. The Labute approximate surface area is 167 Å². The van der Waals surface area contributed by atoms with Crippen LogP contribution in [0.3, 0.4) is 0 Å². The highest BCUT2D eigenvalue weighted by Gasteiger charge is 2.24. The number of aromatic nitrogens is 3. The summed E-state index contributed by atoms with van der Waals surface area (Å²) in [5.41, 5.74) is 6.37. The Morgan fingerprint density at radius 2 is 1.78 bits per heavy atom. The summed E-state index contributed by atoms with van der Waals surface area (Å²) < 4.78 is 1.19. The van der Waals surface area contributed by atoms with Gasteiger partial charge in [-0.1, -0.05) is 44.2 Å². The molecule has 5 heteroatoms. The third-order valence-corrected chi connectivity index (χ3v) is 7.30. The number of nitrogens with zero attached hydrogens (tertiary/aromatic N) is 3. The van der Waals surface area contributed by atoms with Crippen molar-refractivity contribution in [3.05, 3.63) is 47.8 Å². The highest BCUT2D eigenvalue weighted by atomic mass is 32.2. The van der Waals surface area contributed by atoms with Gasteiger partial charge in [-0.15, -0.1) is 23.1 Å². The molecule has 1 aromatic carbocycles. The molecule has 27 heavy (non-hydrogen) atoms. The molecule has 1 aliphatic carbocycles. The van der Waals surface area contributed by atoms with Gasteiger partial charge in [-0.2, -0.15) is 0 Å². The van der Waals surface area contributed by atoms with Crippen molar-refractivity contribution in [3.8, 4) is 11.3 Å². The number of rotatable bonds is 3. The zero-order valence-corrected chi connectivity index (χ0v) is 17.2. The van der Waals surface area contributed by atoms with Crippen LogP contribution >= 0.6 is 23.1 Å². The van der Waals surface area contributed by atoms with E-state index >= 15 is 0 Å². The maximum Gasteiger partial charge on any atom is 0.127 e. The molecule has 3 aromatic heterocycles. The molecule has 0 unspecified atom stereocenters. The van der Waals surface area contributed by atoms with Gasteiger partial charge in [-0.3, -0.25) is 0 Å². The summed E-state index contributed by atoms with van der Waals surface area (Å²) >= 11 is 3.57. The molecule has 4 aromatic rings. The van der Waals surface area contributed by atoms with Gasteiger partial charge in [0, 0.05) is 16.2 Å². The molecule has 0 aliphatic heterocycles. The van der Waals surface area contributed by atoms with E-state index in [9.17, 15) is 0 Å². The summed E-state index contributed by atoms with van der Waals surface area (Å²) in [6.07, 6.45) is 6.44. The number of pyridine rings is 1. The zero-order valence-electron chi connectivity index (χ0n) is 15.5.